The van der Waals surface area contributed by atoms with Gasteiger partial charge in [-0.25, -0.2) is 4.79 Å². The van der Waals surface area contributed by atoms with Crippen LogP contribution >= 0.6 is 11.8 Å². The first-order valence-electron chi connectivity index (χ1n) is 9.11. The highest BCUT2D eigenvalue weighted by Gasteiger charge is 2.28. The fourth-order valence-corrected chi connectivity index (χ4v) is 4.85. The van der Waals surface area contributed by atoms with Crippen LogP contribution in [0.1, 0.15) is 44.1 Å². The van der Waals surface area contributed by atoms with Crippen molar-refractivity contribution in [2.24, 2.45) is 5.92 Å². The van der Waals surface area contributed by atoms with Crippen molar-refractivity contribution in [1.29, 1.82) is 0 Å². The minimum atomic E-state index is -0.816. The third-order valence-corrected chi connectivity index (χ3v) is 6.47. The topological polar surface area (TPSA) is 69.6 Å². The first kappa shape index (κ1) is 18.1. The number of nitrogens with zero attached hydrogens (tertiary/aromatic N) is 1. The third-order valence-electron chi connectivity index (χ3n) is 5.02. The van der Waals surface area contributed by atoms with Crippen molar-refractivity contribution in [2.75, 3.05) is 18.4 Å². The molecule has 1 aromatic carbocycles. The number of benzene rings is 1. The Kier molecular flexibility index (Phi) is 6.24. The molecule has 0 bridgehead atoms. The number of hydrogen-bond acceptors (Lipinski definition) is 3. The average Bonchev–Trinajstić information content (AvgIpc) is 3.14. The molecular formula is C19H26N2O3S. The molecule has 25 heavy (non-hydrogen) atoms. The predicted molar refractivity (Wildman–Crippen MR) is 101 cm³/mol. The molecule has 1 saturated carbocycles. The van der Waals surface area contributed by atoms with Crippen LogP contribution in [0, 0.1) is 5.92 Å². The second kappa shape index (κ2) is 8.61. The van der Waals surface area contributed by atoms with E-state index in [-0.39, 0.29) is 6.03 Å². The van der Waals surface area contributed by atoms with E-state index in [1.165, 1.54) is 31.2 Å². The number of nitrogens with one attached hydrogen (secondary N) is 1. The molecule has 1 unspecified atom stereocenters. The van der Waals surface area contributed by atoms with Crippen LogP contribution in [-0.2, 0) is 10.5 Å². The molecular weight excluding hydrogens is 336 g/mol. The minimum absolute atomic E-state index is 0.202. The number of carbonyl (C=O) groups excluding carboxylic acids is 1. The summed E-state index contributed by atoms with van der Waals surface area (Å²) in [6, 6.07) is 7.78. The largest absolute Gasteiger partial charge is 0.481 e. The number of aliphatic carboxylic acids is 1. The number of hydrogen-bond donors (Lipinski definition) is 2. The molecule has 1 aromatic rings. The van der Waals surface area contributed by atoms with Gasteiger partial charge in [0.25, 0.3) is 0 Å². The molecule has 1 saturated heterocycles. The molecule has 0 spiro atoms. The number of carboxylic acid groups (broad SMARTS) is 1. The summed E-state index contributed by atoms with van der Waals surface area (Å²) in [5.41, 5.74) is 2.00. The van der Waals surface area contributed by atoms with Crippen molar-refractivity contribution in [3.05, 3.63) is 29.8 Å². The predicted octanol–water partition coefficient (Wildman–Crippen LogP) is 4.19. The van der Waals surface area contributed by atoms with Crippen LogP contribution in [-0.4, -0.2) is 40.3 Å². The highest BCUT2D eigenvalue weighted by Crippen LogP contribution is 2.32. The van der Waals surface area contributed by atoms with Gasteiger partial charge in [-0.1, -0.05) is 25.0 Å². The number of amides is 2. The number of thioether (sulfide) groups is 1. The summed E-state index contributed by atoms with van der Waals surface area (Å²) in [5.74, 6) is -0.295. The molecule has 1 atom stereocenters. The van der Waals surface area contributed by atoms with E-state index in [0.29, 0.717) is 19.5 Å². The van der Waals surface area contributed by atoms with Gasteiger partial charge in [-0.05, 0) is 43.4 Å². The second-order valence-electron chi connectivity index (χ2n) is 6.97. The summed E-state index contributed by atoms with van der Waals surface area (Å²) in [5, 5.41) is 12.9. The molecule has 2 aliphatic rings. The van der Waals surface area contributed by atoms with Crippen LogP contribution in [0.4, 0.5) is 10.5 Å². The normalized spacial score (nSPS) is 21.3. The summed E-state index contributed by atoms with van der Waals surface area (Å²) >= 11 is 2.01. The smallest absolute Gasteiger partial charge is 0.321 e. The van der Waals surface area contributed by atoms with Gasteiger partial charge in [0.05, 0.1) is 5.92 Å². The molecule has 0 aromatic heterocycles. The van der Waals surface area contributed by atoms with Crippen molar-refractivity contribution in [3.63, 3.8) is 0 Å². The lowest BCUT2D eigenvalue weighted by molar-refractivity contribution is -0.143. The van der Waals surface area contributed by atoms with Gasteiger partial charge < -0.3 is 15.3 Å². The summed E-state index contributed by atoms with van der Waals surface area (Å²) in [6.07, 6.45) is 6.72. The van der Waals surface area contributed by atoms with Gasteiger partial charge in [-0.15, -0.1) is 0 Å². The number of carbonyl (C=O) groups is 2. The Morgan fingerprint density at radius 2 is 2.00 bits per heavy atom. The van der Waals surface area contributed by atoms with Crippen LogP contribution in [0.25, 0.3) is 0 Å². The van der Waals surface area contributed by atoms with Crippen molar-refractivity contribution in [3.8, 4) is 0 Å². The zero-order valence-corrected chi connectivity index (χ0v) is 15.3. The number of anilines is 1. The molecule has 1 aliphatic heterocycles. The monoisotopic (exact) mass is 362 g/mol. The van der Waals surface area contributed by atoms with Crippen LogP contribution in [0.3, 0.4) is 0 Å². The summed E-state index contributed by atoms with van der Waals surface area (Å²) < 4.78 is 0. The van der Waals surface area contributed by atoms with E-state index in [0.717, 1.165) is 23.1 Å². The van der Waals surface area contributed by atoms with Gasteiger partial charge in [-0.3, -0.25) is 4.79 Å². The third kappa shape index (κ3) is 5.14. The van der Waals surface area contributed by atoms with E-state index in [4.69, 9.17) is 5.11 Å². The first-order valence-corrected chi connectivity index (χ1v) is 10.2. The van der Waals surface area contributed by atoms with Gasteiger partial charge in [-0.2, -0.15) is 11.8 Å². The Balaban J connectivity index is 1.53. The Morgan fingerprint density at radius 1 is 1.20 bits per heavy atom. The van der Waals surface area contributed by atoms with E-state index in [1.807, 2.05) is 30.0 Å². The number of likely N-dealkylation sites (tertiary alicyclic amines) is 1. The van der Waals surface area contributed by atoms with Gasteiger partial charge >= 0.3 is 12.0 Å². The van der Waals surface area contributed by atoms with Crippen LogP contribution < -0.4 is 5.32 Å². The van der Waals surface area contributed by atoms with E-state index in [2.05, 4.69) is 11.4 Å². The van der Waals surface area contributed by atoms with Crippen LogP contribution in [0.2, 0.25) is 0 Å². The number of carboxylic acids is 1. The highest BCUT2D eigenvalue weighted by atomic mass is 32.2. The van der Waals surface area contributed by atoms with Crippen molar-refractivity contribution >= 4 is 29.4 Å². The lowest BCUT2D eigenvalue weighted by Gasteiger charge is -2.30. The molecule has 0 radical (unpaired) electrons. The maximum absolute atomic E-state index is 12.4. The van der Waals surface area contributed by atoms with E-state index in [9.17, 15) is 9.59 Å². The summed E-state index contributed by atoms with van der Waals surface area (Å²) in [7, 11) is 0. The zero-order chi connectivity index (χ0) is 17.6. The van der Waals surface area contributed by atoms with Crippen molar-refractivity contribution < 1.29 is 14.7 Å². The first-order chi connectivity index (χ1) is 12.1. The van der Waals surface area contributed by atoms with E-state index >= 15 is 0 Å². The Bertz CT molecular complexity index is 616. The Morgan fingerprint density at radius 3 is 2.76 bits per heavy atom. The molecule has 1 heterocycles. The fraction of sp³-hybridized carbons (Fsp3) is 0.579. The molecule has 2 N–H and O–H groups in total. The summed E-state index contributed by atoms with van der Waals surface area (Å²) in [6.45, 7) is 0.908. The molecule has 1 aliphatic carbocycles. The van der Waals surface area contributed by atoms with Crippen LogP contribution in [0.5, 0.6) is 0 Å². The molecule has 5 nitrogen and oxygen atoms in total. The quantitative estimate of drug-likeness (QED) is 0.824. The minimum Gasteiger partial charge on any atom is -0.481 e. The van der Waals surface area contributed by atoms with E-state index in [1.54, 1.807) is 4.90 Å². The molecule has 2 amide bonds. The average molecular weight is 362 g/mol. The number of piperidine rings is 1. The Hall–Kier alpha value is -1.69. The van der Waals surface area contributed by atoms with Crippen LogP contribution in [0.15, 0.2) is 24.3 Å². The van der Waals surface area contributed by atoms with Crippen molar-refractivity contribution in [1.82, 2.24) is 4.90 Å². The van der Waals surface area contributed by atoms with Gasteiger partial charge in [0.1, 0.15) is 0 Å². The maximum Gasteiger partial charge on any atom is 0.321 e. The maximum atomic E-state index is 12.4. The number of rotatable bonds is 5. The highest BCUT2D eigenvalue weighted by molar-refractivity contribution is 7.99. The van der Waals surface area contributed by atoms with Gasteiger partial charge in [0, 0.05) is 29.8 Å². The fourth-order valence-electron chi connectivity index (χ4n) is 3.57. The standard InChI is InChI=1S/C19H26N2O3S/c22-18(23)15-6-4-10-21(12-15)19(24)20-16-7-3-5-14(11-16)13-25-17-8-1-2-9-17/h3,5,7,11,15,17H,1-2,4,6,8-10,12-13H2,(H,20,24)(H,22,23). The SMILES string of the molecule is O=C(O)C1CCCN(C(=O)Nc2cccc(CSC3CCCC3)c2)C1. The molecule has 136 valence electrons. The lowest BCUT2D eigenvalue weighted by atomic mass is 9.99. The second-order valence-corrected chi connectivity index (χ2v) is 8.26. The molecule has 6 heteroatoms. The van der Waals surface area contributed by atoms with Gasteiger partial charge in [0.2, 0.25) is 0 Å². The molecule has 3 rings (SSSR count). The summed E-state index contributed by atoms with van der Waals surface area (Å²) in [4.78, 5) is 25.2. The number of urea groups is 1. The van der Waals surface area contributed by atoms with Gasteiger partial charge in [0.15, 0.2) is 0 Å². The lowest BCUT2D eigenvalue weighted by Crippen LogP contribution is -2.44. The van der Waals surface area contributed by atoms with E-state index < -0.39 is 11.9 Å². The molecule has 2 fully saturated rings. The zero-order valence-electron chi connectivity index (χ0n) is 14.4. The van der Waals surface area contributed by atoms with Crippen molar-refractivity contribution in [2.45, 2.75) is 49.5 Å². The Labute approximate surface area is 153 Å².